The minimum Gasteiger partial charge on any atom is -0.472 e. The van der Waals surface area contributed by atoms with Gasteiger partial charge in [0.25, 0.3) is 0 Å². The van der Waals surface area contributed by atoms with Crippen LogP contribution in [0.4, 0.5) is 0 Å². The Hall–Kier alpha value is -1.42. The van der Waals surface area contributed by atoms with Crippen LogP contribution >= 0.6 is 0 Å². The molecule has 0 radical (unpaired) electrons. The number of aliphatic imine (C=N–C) groups is 1. The van der Waals surface area contributed by atoms with Crippen LogP contribution < -0.4 is 0 Å². The van der Waals surface area contributed by atoms with Crippen molar-refractivity contribution >= 4 is 6.40 Å². The smallest absolute Gasteiger partial charge is 0.172 e. The average molecular weight is 231 g/mol. The molecule has 0 aromatic carbocycles. The van der Waals surface area contributed by atoms with Crippen LogP contribution in [-0.4, -0.2) is 35.5 Å². The Morgan fingerprint density at radius 2 is 2.12 bits per heavy atom. The van der Waals surface area contributed by atoms with Gasteiger partial charge >= 0.3 is 0 Å². The first-order valence-corrected chi connectivity index (χ1v) is 6.26. The van der Waals surface area contributed by atoms with E-state index in [2.05, 4.69) is 20.9 Å². The molecule has 4 heteroatoms. The van der Waals surface area contributed by atoms with Crippen LogP contribution in [0.1, 0.15) is 30.9 Å². The predicted molar refractivity (Wildman–Crippen MR) is 65.8 cm³/mol. The van der Waals surface area contributed by atoms with E-state index in [-0.39, 0.29) is 12.3 Å². The van der Waals surface area contributed by atoms with Crippen LogP contribution in [0.25, 0.3) is 0 Å². The number of piperidine rings is 1. The number of likely N-dealkylation sites (tertiary alicyclic amines) is 1. The molecular formula is C13H17N3O. The summed E-state index contributed by atoms with van der Waals surface area (Å²) in [5.74, 6) is 0. The molecule has 17 heavy (non-hydrogen) atoms. The molecule has 0 bridgehead atoms. The Balaban J connectivity index is 1.77. The van der Waals surface area contributed by atoms with Crippen LogP contribution in [0.15, 0.2) is 29.5 Å². The first-order chi connectivity index (χ1) is 8.45. The SMILES string of the molecule is C1=N[C@H](N2CCCCC2)[C@@H](c2cccnc2)O1. The molecule has 2 aliphatic rings. The standard InChI is InChI=1S/C13H17N3O/c1-2-7-16(8-3-1)13-12(17-10-15-13)11-5-4-6-14-9-11/h4-6,9-10,12-13H,1-3,7-8H2/t12-,13-/m1/s1. The normalized spacial score (nSPS) is 29.2. The number of pyridine rings is 1. The van der Waals surface area contributed by atoms with Gasteiger partial charge in [0.1, 0.15) is 6.17 Å². The first kappa shape index (κ1) is 10.7. The van der Waals surface area contributed by atoms with Gasteiger partial charge in [-0.15, -0.1) is 0 Å². The summed E-state index contributed by atoms with van der Waals surface area (Å²) in [5.41, 5.74) is 1.11. The second kappa shape index (κ2) is 4.84. The fraction of sp³-hybridized carbons (Fsp3) is 0.538. The van der Waals surface area contributed by atoms with Crippen molar-refractivity contribution in [2.45, 2.75) is 31.5 Å². The second-order valence-corrected chi connectivity index (χ2v) is 4.61. The second-order valence-electron chi connectivity index (χ2n) is 4.61. The Labute approximate surface area is 101 Å². The van der Waals surface area contributed by atoms with E-state index in [1.54, 1.807) is 12.6 Å². The zero-order chi connectivity index (χ0) is 11.5. The molecule has 4 nitrogen and oxygen atoms in total. The number of nitrogens with zero attached hydrogens (tertiary/aromatic N) is 3. The molecule has 0 unspecified atom stereocenters. The lowest BCUT2D eigenvalue weighted by Gasteiger charge is -2.32. The summed E-state index contributed by atoms with van der Waals surface area (Å²) in [4.78, 5) is 11.0. The van der Waals surface area contributed by atoms with E-state index in [1.165, 1.54) is 19.3 Å². The van der Waals surface area contributed by atoms with Gasteiger partial charge in [-0.1, -0.05) is 12.5 Å². The Morgan fingerprint density at radius 3 is 2.88 bits per heavy atom. The number of hydrogen-bond acceptors (Lipinski definition) is 4. The molecule has 2 aliphatic heterocycles. The van der Waals surface area contributed by atoms with Crippen LogP contribution in [0.2, 0.25) is 0 Å². The molecule has 1 saturated heterocycles. The molecule has 1 aromatic rings. The molecule has 0 aliphatic carbocycles. The zero-order valence-corrected chi connectivity index (χ0v) is 9.83. The van der Waals surface area contributed by atoms with Crippen molar-refractivity contribution in [1.82, 2.24) is 9.88 Å². The summed E-state index contributed by atoms with van der Waals surface area (Å²) in [5, 5.41) is 0. The number of rotatable bonds is 2. The quantitative estimate of drug-likeness (QED) is 0.781. The minimum absolute atomic E-state index is 0.0156. The van der Waals surface area contributed by atoms with Gasteiger partial charge in [-0.05, 0) is 18.9 Å². The van der Waals surface area contributed by atoms with Gasteiger partial charge in [0.2, 0.25) is 0 Å². The van der Waals surface area contributed by atoms with E-state index in [0.29, 0.717) is 0 Å². The van der Waals surface area contributed by atoms with Crippen molar-refractivity contribution in [3.63, 3.8) is 0 Å². The van der Waals surface area contributed by atoms with Gasteiger partial charge in [-0.2, -0.15) is 0 Å². The van der Waals surface area contributed by atoms with Crippen molar-refractivity contribution in [3.05, 3.63) is 30.1 Å². The highest BCUT2D eigenvalue weighted by atomic mass is 16.5. The third-order valence-electron chi connectivity index (χ3n) is 3.47. The minimum atomic E-state index is 0.0156. The maximum absolute atomic E-state index is 5.63. The van der Waals surface area contributed by atoms with Crippen molar-refractivity contribution in [2.24, 2.45) is 4.99 Å². The molecule has 1 aromatic heterocycles. The lowest BCUT2D eigenvalue weighted by atomic mass is 10.1. The number of hydrogen-bond donors (Lipinski definition) is 0. The van der Waals surface area contributed by atoms with Crippen LogP contribution in [0, 0.1) is 0 Å². The van der Waals surface area contributed by atoms with Gasteiger partial charge in [0.15, 0.2) is 12.5 Å². The van der Waals surface area contributed by atoms with E-state index in [1.807, 2.05) is 12.3 Å². The van der Waals surface area contributed by atoms with Gasteiger partial charge in [0, 0.05) is 31.0 Å². The molecule has 3 heterocycles. The summed E-state index contributed by atoms with van der Waals surface area (Å²) in [7, 11) is 0. The van der Waals surface area contributed by atoms with Crippen LogP contribution in [-0.2, 0) is 4.74 Å². The summed E-state index contributed by atoms with van der Waals surface area (Å²) >= 11 is 0. The maximum Gasteiger partial charge on any atom is 0.172 e. The summed E-state index contributed by atoms with van der Waals surface area (Å²) in [6.45, 7) is 2.25. The first-order valence-electron chi connectivity index (χ1n) is 6.26. The molecule has 0 spiro atoms. The van der Waals surface area contributed by atoms with Crippen molar-refractivity contribution < 1.29 is 4.74 Å². The lowest BCUT2D eigenvalue weighted by molar-refractivity contribution is 0.0792. The lowest BCUT2D eigenvalue weighted by Crippen LogP contribution is -2.40. The molecule has 0 saturated carbocycles. The fourth-order valence-electron chi connectivity index (χ4n) is 2.58. The summed E-state index contributed by atoms with van der Waals surface area (Å²) in [6, 6.07) is 4.01. The Bertz CT molecular complexity index is 387. The van der Waals surface area contributed by atoms with Crippen LogP contribution in [0.5, 0.6) is 0 Å². The molecule has 0 N–H and O–H groups in total. The van der Waals surface area contributed by atoms with Crippen molar-refractivity contribution in [1.29, 1.82) is 0 Å². The average Bonchev–Trinajstić information content (AvgIpc) is 2.90. The molecular weight excluding hydrogens is 214 g/mol. The highest BCUT2D eigenvalue weighted by Crippen LogP contribution is 2.30. The monoisotopic (exact) mass is 231 g/mol. The maximum atomic E-state index is 5.63. The topological polar surface area (TPSA) is 37.7 Å². The summed E-state index contributed by atoms with van der Waals surface area (Å²) in [6.07, 6.45) is 9.28. The van der Waals surface area contributed by atoms with E-state index < -0.39 is 0 Å². The fourth-order valence-corrected chi connectivity index (χ4v) is 2.58. The predicted octanol–water partition coefficient (Wildman–Crippen LogP) is 1.99. The van der Waals surface area contributed by atoms with E-state index >= 15 is 0 Å². The molecule has 3 rings (SSSR count). The highest BCUT2D eigenvalue weighted by molar-refractivity contribution is 5.50. The van der Waals surface area contributed by atoms with E-state index in [4.69, 9.17) is 4.74 Å². The third kappa shape index (κ3) is 2.17. The molecule has 90 valence electrons. The summed E-state index contributed by atoms with van der Waals surface area (Å²) < 4.78 is 5.63. The van der Waals surface area contributed by atoms with Gasteiger partial charge < -0.3 is 4.74 Å². The van der Waals surface area contributed by atoms with Gasteiger partial charge in [-0.25, -0.2) is 4.99 Å². The van der Waals surface area contributed by atoms with Gasteiger partial charge in [0.05, 0.1) is 0 Å². The third-order valence-corrected chi connectivity index (χ3v) is 3.47. The Kier molecular flexibility index (Phi) is 3.05. The van der Waals surface area contributed by atoms with Crippen molar-refractivity contribution in [3.8, 4) is 0 Å². The highest BCUT2D eigenvalue weighted by Gasteiger charge is 2.33. The van der Waals surface area contributed by atoms with Crippen LogP contribution in [0.3, 0.4) is 0 Å². The Morgan fingerprint density at radius 1 is 1.24 bits per heavy atom. The molecule has 2 atom stereocenters. The largest absolute Gasteiger partial charge is 0.472 e. The zero-order valence-electron chi connectivity index (χ0n) is 9.83. The molecule has 0 amide bonds. The van der Waals surface area contributed by atoms with E-state index in [0.717, 1.165) is 18.7 Å². The molecule has 1 fully saturated rings. The number of ether oxygens (including phenoxy) is 1. The number of aromatic nitrogens is 1. The van der Waals surface area contributed by atoms with E-state index in [9.17, 15) is 0 Å². The van der Waals surface area contributed by atoms with Gasteiger partial charge in [-0.3, -0.25) is 9.88 Å². The van der Waals surface area contributed by atoms with Crippen molar-refractivity contribution in [2.75, 3.05) is 13.1 Å².